The summed E-state index contributed by atoms with van der Waals surface area (Å²) in [6.07, 6.45) is 3.22. The molecule has 2 amide bonds. The molecule has 2 unspecified atom stereocenters. The largest absolute Gasteiger partial charge is 0.505 e. The Bertz CT molecular complexity index is 1600. The molecule has 2 atom stereocenters. The number of rotatable bonds is 9. The summed E-state index contributed by atoms with van der Waals surface area (Å²) in [5.74, 6) is -2.97. The zero-order valence-electron chi connectivity index (χ0n) is 23.5. The molecule has 0 radical (unpaired) electrons. The van der Waals surface area contributed by atoms with Crippen molar-refractivity contribution in [2.75, 3.05) is 0 Å². The number of hydrogen-bond acceptors (Lipinski definition) is 7. The van der Waals surface area contributed by atoms with Crippen LogP contribution in [0.3, 0.4) is 0 Å². The van der Waals surface area contributed by atoms with Crippen molar-refractivity contribution in [2.24, 2.45) is 0 Å². The van der Waals surface area contributed by atoms with Crippen molar-refractivity contribution in [3.8, 4) is 28.3 Å². The van der Waals surface area contributed by atoms with Gasteiger partial charge >= 0.3 is 5.97 Å². The molecule has 0 saturated heterocycles. The SMILES string of the molecule is CC(NC(=O)C(Cc1ccc(-c2ncc(-c3ccc(O)c(F)c3)cn2)cc1)NC(=O)c1ccc(C(C)(C)C)s1)C(=O)O. The summed E-state index contributed by atoms with van der Waals surface area (Å²) in [4.78, 5) is 47.6. The number of phenolic OH excluding ortho intramolecular Hbond substituents is 1. The molecule has 0 fully saturated rings. The molecule has 0 saturated carbocycles. The Morgan fingerprint density at radius 2 is 1.57 bits per heavy atom. The number of carbonyl (C=O) groups is 3. The number of aliphatic carboxylic acids is 1. The number of benzene rings is 2. The standard InChI is InChI=1S/C31H31FN4O5S/c1-17(30(40)41)35-28(38)23(36-29(39)25-11-12-26(42-25)31(2,3)4)13-18-5-7-19(8-6-18)27-33-15-21(16-34-27)20-9-10-24(37)22(32)14-20/h5-12,14-17,23,37H,13H2,1-4H3,(H,35,38)(H,36,39)(H,40,41). The van der Waals surface area contributed by atoms with E-state index in [9.17, 15) is 29.0 Å². The highest BCUT2D eigenvalue weighted by molar-refractivity contribution is 7.14. The van der Waals surface area contributed by atoms with E-state index >= 15 is 0 Å². The fourth-order valence-electron chi connectivity index (χ4n) is 4.02. The van der Waals surface area contributed by atoms with Crippen molar-refractivity contribution in [3.05, 3.63) is 88.1 Å². The maximum Gasteiger partial charge on any atom is 0.325 e. The van der Waals surface area contributed by atoms with Gasteiger partial charge in [-0.05, 0) is 47.7 Å². The molecule has 4 aromatic rings. The van der Waals surface area contributed by atoms with Gasteiger partial charge < -0.3 is 20.8 Å². The number of phenols is 1. The van der Waals surface area contributed by atoms with Crippen LogP contribution in [0.5, 0.6) is 5.75 Å². The summed E-state index contributed by atoms with van der Waals surface area (Å²) < 4.78 is 13.7. The lowest BCUT2D eigenvalue weighted by atomic mass is 9.95. The van der Waals surface area contributed by atoms with Crippen molar-refractivity contribution in [1.82, 2.24) is 20.6 Å². The first kappa shape index (κ1) is 30.3. The van der Waals surface area contributed by atoms with Crippen molar-refractivity contribution >= 4 is 29.1 Å². The van der Waals surface area contributed by atoms with Crippen LogP contribution in [0.1, 0.15) is 47.8 Å². The second-order valence-corrected chi connectivity index (χ2v) is 12.0. The predicted octanol–water partition coefficient (Wildman–Crippen LogP) is 4.94. The van der Waals surface area contributed by atoms with E-state index < -0.39 is 41.4 Å². The predicted molar refractivity (Wildman–Crippen MR) is 158 cm³/mol. The molecule has 218 valence electrons. The molecule has 0 aliphatic rings. The maximum absolute atomic E-state index is 13.7. The van der Waals surface area contributed by atoms with Gasteiger partial charge in [0.25, 0.3) is 5.91 Å². The number of amides is 2. The number of hydrogen-bond donors (Lipinski definition) is 4. The van der Waals surface area contributed by atoms with Crippen LogP contribution in [-0.2, 0) is 21.4 Å². The highest BCUT2D eigenvalue weighted by atomic mass is 32.1. The zero-order valence-corrected chi connectivity index (χ0v) is 24.3. The van der Waals surface area contributed by atoms with Gasteiger partial charge in [0.15, 0.2) is 17.4 Å². The number of nitrogens with one attached hydrogen (secondary N) is 2. The minimum absolute atomic E-state index is 0.119. The summed E-state index contributed by atoms with van der Waals surface area (Å²) >= 11 is 1.35. The van der Waals surface area contributed by atoms with Crippen LogP contribution >= 0.6 is 11.3 Å². The van der Waals surface area contributed by atoms with E-state index in [-0.39, 0.29) is 11.8 Å². The Morgan fingerprint density at radius 1 is 0.929 bits per heavy atom. The van der Waals surface area contributed by atoms with Crippen molar-refractivity contribution in [2.45, 2.75) is 51.6 Å². The molecule has 2 heterocycles. The lowest BCUT2D eigenvalue weighted by Crippen LogP contribution is -2.51. The van der Waals surface area contributed by atoms with Gasteiger partial charge in [-0.25, -0.2) is 14.4 Å². The molecule has 11 heteroatoms. The fourth-order valence-corrected chi connectivity index (χ4v) is 4.98. The van der Waals surface area contributed by atoms with Gasteiger partial charge in [-0.2, -0.15) is 0 Å². The van der Waals surface area contributed by atoms with E-state index in [2.05, 4.69) is 20.6 Å². The molecule has 0 bridgehead atoms. The normalized spacial score (nSPS) is 12.8. The number of halogens is 1. The highest BCUT2D eigenvalue weighted by Gasteiger charge is 2.26. The Hall–Kier alpha value is -4.64. The van der Waals surface area contributed by atoms with E-state index in [0.717, 1.165) is 10.4 Å². The average Bonchev–Trinajstić information content (AvgIpc) is 3.46. The fraction of sp³-hybridized carbons (Fsp3) is 0.258. The van der Waals surface area contributed by atoms with Crippen molar-refractivity contribution in [3.63, 3.8) is 0 Å². The Morgan fingerprint density at radius 3 is 2.14 bits per heavy atom. The number of carboxylic acid groups (broad SMARTS) is 1. The van der Waals surface area contributed by atoms with Gasteiger partial charge in [0.05, 0.1) is 4.88 Å². The van der Waals surface area contributed by atoms with E-state index in [1.54, 1.807) is 48.8 Å². The minimum atomic E-state index is -1.19. The molecule has 2 aromatic carbocycles. The summed E-state index contributed by atoms with van der Waals surface area (Å²) in [7, 11) is 0. The molecule has 4 rings (SSSR count). The second kappa shape index (κ2) is 12.5. The van der Waals surface area contributed by atoms with E-state index in [0.29, 0.717) is 27.4 Å². The summed E-state index contributed by atoms with van der Waals surface area (Å²) in [6.45, 7) is 7.49. The van der Waals surface area contributed by atoms with Gasteiger partial charge in [-0.15, -0.1) is 11.3 Å². The number of carboxylic acids is 1. The number of carbonyl (C=O) groups excluding carboxylic acids is 2. The lowest BCUT2D eigenvalue weighted by molar-refractivity contribution is -0.141. The minimum Gasteiger partial charge on any atom is -0.505 e. The Balaban J connectivity index is 1.50. The topological polar surface area (TPSA) is 142 Å². The van der Waals surface area contributed by atoms with E-state index in [4.69, 9.17) is 0 Å². The Kier molecular flexibility index (Phi) is 9.01. The number of aromatic hydroxyl groups is 1. The van der Waals surface area contributed by atoms with E-state index in [1.807, 2.05) is 26.8 Å². The van der Waals surface area contributed by atoms with Crippen LogP contribution in [-0.4, -0.2) is 50.0 Å². The van der Waals surface area contributed by atoms with Crippen LogP contribution in [0.4, 0.5) is 4.39 Å². The lowest BCUT2D eigenvalue weighted by Gasteiger charge is -2.20. The van der Waals surface area contributed by atoms with Crippen LogP contribution in [0.15, 0.2) is 67.0 Å². The third-order valence-electron chi connectivity index (χ3n) is 6.50. The second-order valence-electron chi connectivity index (χ2n) is 10.9. The van der Waals surface area contributed by atoms with E-state index in [1.165, 1.54) is 30.4 Å². The molecule has 2 aromatic heterocycles. The molecule has 4 N–H and O–H groups in total. The van der Waals surface area contributed by atoms with Crippen LogP contribution < -0.4 is 10.6 Å². The monoisotopic (exact) mass is 590 g/mol. The van der Waals surface area contributed by atoms with Gasteiger partial charge in [-0.3, -0.25) is 14.4 Å². The first-order valence-corrected chi connectivity index (χ1v) is 14.0. The van der Waals surface area contributed by atoms with Crippen LogP contribution in [0, 0.1) is 5.82 Å². The highest BCUT2D eigenvalue weighted by Crippen LogP contribution is 2.29. The first-order valence-electron chi connectivity index (χ1n) is 13.2. The molecule has 0 spiro atoms. The third-order valence-corrected chi connectivity index (χ3v) is 8.01. The van der Waals surface area contributed by atoms with Crippen molar-refractivity contribution < 1.29 is 29.0 Å². The third kappa shape index (κ3) is 7.35. The quantitative estimate of drug-likeness (QED) is 0.216. The molecule has 0 aliphatic carbocycles. The number of aromatic nitrogens is 2. The van der Waals surface area contributed by atoms with Gasteiger partial charge in [0, 0.05) is 34.8 Å². The number of nitrogens with zero attached hydrogens (tertiary/aromatic N) is 2. The molecule has 42 heavy (non-hydrogen) atoms. The smallest absolute Gasteiger partial charge is 0.325 e. The Labute approximate surface area is 246 Å². The van der Waals surface area contributed by atoms with Gasteiger partial charge in [-0.1, -0.05) is 51.1 Å². The summed E-state index contributed by atoms with van der Waals surface area (Å²) in [6, 6.07) is 12.6. The zero-order chi connectivity index (χ0) is 30.6. The number of thiophene rings is 1. The molecular weight excluding hydrogens is 559 g/mol. The molecular formula is C31H31FN4O5S. The van der Waals surface area contributed by atoms with Crippen LogP contribution in [0.25, 0.3) is 22.5 Å². The summed E-state index contributed by atoms with van der Waals surface area (Å²) in [5, 5.41) is 23.9. The van der Waals surface area contributed by atoms with Crippen molar-refractivity contribution in [1.29, 1.82) is 0 Å². The van der Waals surface area contributed by atoms with Gasteiger partial charge in [0.1, 0.15) is 12.1 Å². The molecule has 0 aliphatic heterocycles. The first-order chi connectivity index (χ1) is 19.8. The molecule has 9 nitrogen and oxygen atoms in total. The summed E-state index contributed by atoms with van der Waals surface area (Å²) in [5.41, 5.74) is 2.38. The average molecular weight is 591 g/mol. The van der Waals surface area contributed by atoms with Crippen LogP contribution in [0.2, 0.25) is 0 Å². The maximum atomic E-state index is 13.7. The van der Waals surface area contributed by atoms with Gasteiger partial charge in [0.2, 0.25) is 5.91 Å².